The van der Waals surface area contributed by atoms with Gasteiger partial charge in [0.1, 0.15) is 0 Å². The maximum absolute atomic E-state index is 5.70. The van der Waals surface area contributed by atoms with Crippen LogP contribution in [0.15, 0.2) is 0 Å². The molecule has 2 atom stereocenters. The van der Waals surface area contributed by atoms with E-state index in [0.29, 0.717) is 5.41 Å². The summed E-state index contributed by atoms with van der Waals surface area (Å²) in [6.07, 6.45) is 8.65. The van der Waals surface area contributed by atoms with Gasteiger partial charge in [-0.1, -0.05) is 6.42 Å². The van der Waals surface area contributed by atoms with Gasteiger partial charge in [0.25, 0.3) is 0 Å². The second-order valence-electron chi connectivity index (χ2n) is 6.18. The molecule has 0 radical (unpaired) electrons. The molecule has 3 fully saturated rings. The SMILES string of the molecule is NCCC1(CN2CC3CCCC3C2)CC1. The van der Waals surface area contributed by atoms with Crippen molar-refractivity contribution in [1.29, 1.82) is 0 Å². The predicted molar refractivity (Wildman–Crippen MR) is 62.6 cm³/mol. The van der Waals surface area contributed by atoms with E-state index in [2.05, 4.69) is 4.90 Å². The molecule has 2 nitrogen and oxygen atoms in total. The first kappa shape index (κ1) is 10.1. The summed E-state index contributed by atoms with van der Waals surface area (Å²) >= 11 is 0. The van der Waals surface area contributed by atoms with E-state index in [1.165, 1.54) is 58.2 Å². The van der Waals surface area contributed by atoms with E-state index >= 15 is 0 Å². The molecular formula is C13H24N2. The van der Waals surface area contributed by atoms with Crippen LogP contribution in [-0.4, -0.2) is 31.1 Å². The van der Waals surface area contributed by atoms with Gasteiger partial charge in [0.05, 0.1) is 0 Å². The quantitative estimate of drug-likeness (QED) is 0.764. The minimum absolute atomic E-state index is 0.660. The molecule has 0 amide bonds. The predicted octanol–water partition coefficient (Wildman–Crippen LogP) is 1.85. The number of rotatable bonds is 4. The van der Waals surface area contributed by atoms with Gasteiger partial charge < -0.3 is 10.6 Å². The molecule has 0 bridgehead atoms. The van der Waals surface area contributed by atoms with Crippen LogP contribution in [0, 0.1) is 17.3 Å². The van der Waals surface area contributed by atoms with Crippen molar-refractivity contribution in [3.63, 3.8) is 0 Å². The lowest BCUT2D eigenvalue weighted by Gasteiger charge is -2.23. The van der Waals surface area contributed by atoms with Gasteiger partial charge in [-0.3, -0.25) is 0 Å². The molecule has 0 aromatic heterocycles. The lowest BCUT2D eigenvalue weighted by atomic mass is 10.0. The van der Waals surface area contributed by atoms with Gasteiger partial charge in [0, 0.05) is 19.6 Å². The molecular weight excluding hydrogens is 184 g/mol. The van der Waals surface area contributed by atoms with Crippen molar-refractivity contribution < 1.29 is 0 Å². The fourth-order valence-corrected chi connectivity index (χ4v) is 3.91. The molecule has 0 aromatic carbocycles. The van der Waals surface area contributed by atoms with Crippen molar-refractivity contribution in [3.05, 3.63) is 0 Å². The average Bonchev–Trinajstić information content (AvgIpc) is 2.65. The standard InChI is InChI=1S/C13H24N2/c14-7-6-13(4-5-13)10-15-8-11-2-1-3-12(11)9-15/h11-12H,1-10,14H2. The molecule has 1 heterocycles. The van der Waals surface area contributed by atoms with E-state index in [0.717, 1.165) is 18.4 Å². The molecule has 2 saturated carbocycles. The van der Waals surface area contributed by atoms with Crippen molar-refractivity contribution >= 4 is 0 Å². The second kappa shape index (κ2) is 3.74. The summed E-state index contributed by atoms with van der Waals surface area (Å²) in [4.78, 5) is 2.75. The van der Waals surface area contributed by atoms with Crippen molar-refractivity contribution in [2.75, 3.05) is 26.2 Å². The Morgan fingerprint density at radius 1 is 1.13 bits per heavy atom. The van der Waals surface area contributed by atoms with Crippen molar-refractivity contribution in [2.24, 2.45) is 23.0 Å². The fraction of sp³-hybridized carbons (Fsp3) is 1.00. The third-order valence-corrected chi connectivity index (χ3v) is 4.99. The van der Waals surface area contributed by atoms with E-state index < -0.39 is 0 Å². The zero-order valence-corrected chi connectivity index (χ0v) is 9.75. The van der Waals surface area contributed by atoms with Gasteiger partial charge in [-0.15, -0.1) is 0 Å². The van der Waals surface area contributed by atoms with Crippen molar-refractivity contribution in [3.8, 4) is 0 Å². The molecule has 3 aliphatic rings. The highest BCUT2D eigenvalue weighted by Gasteiger charge is 2.45. The molecule has 2 N–H and O–H groups in total. The van der Waals surface area contributed by atoms with Crippen LogP contribution >= 0.6 is 0 Å². The summed E-state index contributed by atoms with van der Waals surface area (Å²) in [6, 6.07) is 0. The number of fused-ring (bicyclic) bond motifs is 1. The van der Waals surface area contributed by atoms with Crippen LogP contribution in [0.2, 0.25) is 0 Å². The van der Waals surface area contributed by atoms with Crippen molar-refractivity contribution in [1.82, 2.24) is 4.90 Å². The molecule has 0 aromatic rings. The first-order valence-electron chi connectivity index (χ1n) is 6.74. The van der Waals surface area contributed by atoms with Gasteiger partial charge in [-0.2, -0.15) is 0 Å². The third kappa shape index (κ3) is 1.94. The summed E-state index contributed by atoms with van der Waals surface area (Å²) in [6.45, 7) is 5.05. The first-order valence-corrected chi connectivity index (χ1v) is 6.74. The Bertz CT molecular complexity index is 223. The number of hydrogen-bond donors (Lipinski definition) is 1. The van der Waals surface area contributed by atoms with Crippen LogP contribution in [0.3, 0.4) is 0 Å². The van der Waals surface area contributed by atoms with Crippen LogP contribution in [0.1, 0.15) is 38.5 Å². The molecule has 86 valence electrons. The second-order valence-corrected chi connectivity index (χ2v) is 6.18. The van der Waals surface area contributed by atoms with Crippen LogP contribution in [0.4, 0.5) is 0 Å². The fourth-order valence-electron chi connectivity index (χ4n) is 3.91. The maximum Gasteiger partial charge on any atom is 0.00387 e. The van der Waals surface area contributed by atoms with Crippen molar-refractivity contribution in [2.45, 2.75) is 38.5 Å². The Labute approximate surface area is 93.2 Å². The van der Waals surface area contributed by atoms with Crippen LogP contribution < -0.4 is 5.73 Å². The number of nitrogens with zero attached hydrogens (tertiary/aromatic N) is 1. The number of likely N-dealkylation sites (tertiary alicyclic amines) is 1. The lowest BCUT2D eigenvalue weighted by molar-refractivity contribution is 0.239. The topological polar surface area (TPSA) is 29.3 Å². The van der Waals surface area contributed by atoms with Crippen LogP contribution in [-0.2, 0) is 0 Å². The van der Waals surface area contributed by atoms with E-state index in [9.17, 15) is 0 Å². The number of hydrogen-bond acceptors (Lipinski definition) is 2. The highest BCUT2D eigenvalue weighted by Crippen LogP contribution is 2.50. The third-order valence-electron chi connectivity index (χ3n) is 4.99. The Morgan fingerprint density at radius 3 is 2.33 bits per heavy atom. The Hall–Kier alpha value is -0.0800. The molecule has 3 rings (SSSR count). The van der Waals surface area contributed by atoms with Crippen LogP contribution in [0.25, 0.3) is 0 Å². The van der Waals surface area contributed by atoms with Gasteiger partial charge >= 0.3 is 0 Å². The minimum atomic E-state index is 0.660. The zero-order chi connectivity index (χ0) is 10.3. The Kier molecular flexibility index (Phi) is 2.52. The van der Waals surface area contributed by atoms with Gasteiger partial charge in [0.15, 0.2) is 0 Å². The monoisotopic (exact) mass is 208 g/mol. The largest absolute Gasteiger partial charge is 0.330 e. The lowest BCUT2D eigenvalue weighted by Crippen LogP contribution is -2.30. The summed E-state index contributed by atoms with van der Waals surface area (Å²) < 4.78 is 0. The molecule has 2 unspecified atom stereocenters. The summed E-state index contributed by atoms with van der Waals surface area (Å²) in [7, 11) is 0. The molecule has 2 heteroatoms. The van der Waals surface area contributed by atoms with Crippen LogP contribution in [0.5, 0.6) is 0 Å². The normalized spacial score (nSPS) is 38.2. The van der Waals surface area contributed by atoms with Gasteiger partial charge in [-0.25, -0.2) is 0 Å². The summed E-state index contributed by atoms with van der Waals surface area (Å²) in [5, 5.41) is 0. The van der Waals surface area contributed by atoms with E-state index in [4.69, 9.17) is 5.73 Å². The summed E-state index contributed by atoms with van der Waals surface area (Å²) in [5.41, 5.74) is 6.36. The Morgan fingerprint density at radius 2 is 1.80 bits per heavy atom. The average molecular weight is 208 g/mol. The highest BCUT2D eigenvalue weighted by atomic mass is 15.2. The van der Waals surface area contributed by atoms with E-state index in [1.807, 2.05) is 0 Å². The van der Waals surface area contributed by atoms with Gasteiger partial charge in [-0.05, 0) is 55.9 Å². The van der Waals surface area contributed by atoms with E-state index in [-0.39, 0.29) is 0 Å². The molecule has 1 saturated heterocycles. The highest BCUT2D eigenvalue weighted by molar-refractivity contribution is 4.98. The van der Waals surface area contributed by atoms with Gasteiger partial charge in [0.2, 0.25) is 0 Å². The molecule has 2 aliphatic carbocycles. The number of nitrogens with two attached hydrogens (primary N) is 1. The maximum atomic E-state index is 5.70. The smallest absolute Gasteiger partial charge is 0.00387 e. The summed E-state index contributed by atoms with van der Waals surface area (Å²) in [5.74, 6) is 2.11. The Balaban J connectivity index is 1.53. The van der Waals surface area contributed by atoms with E-state index in [1.54, 1.807) is 0 Å². The molecule has 15 heavy (non-hydrogen) atoms. The molecule has 0 spiro atoms. The first-order chi connectivity index (χ1) is 7.31. The molecule has 1 aliphatic heterocycles. The zero-order valence-electron chi connectivity index (χ0n) is 9.75. The minimum Gasteiger partial charge on any atom is -0.330 e.